The van der Waals surface area contributed by atoms with Crippen LogP contribution in [0.1, 0.15) is 21.5 Å². The zero-order chi connectivity index (χ0) is 20.9. The second-order valence-electron chi connectivity index (χ2n) is 7.17. The molecule has 0 atom stereocenters. The van der Waals surface area contributed by atoms with Gasteiger partial charge in [-0.05, 0) is 41.8 Å². The molecule has 30 heavy (non-hydrogen) atoms. The van der Waals surface area contributed by atoms with E-state index in [-0.39, 0.29) is 5.91 Å². The highest BCUT2D eigenvalue weighted by molar-refractivity contribution is 6.33. The maximum Gasteiger partial charge on any atom is 0.252 e. The molecular weight excluding hydrogens is 419 g/mol. The maximum absolute atomic E-state index is 12.7. The Bertz CT molecular complexity index is 1040. The number of pyridine rings is 1. The van der Waals surface area contributed by atoms with Crippen molar-refractivity contribution in [1.82, 2.24) is 10.3 Å². The van der Waals surface area contributed by atoms with Crippen molar-refractivity contribution in [2.75, 3.05) is 29.9 Å². The van der Waals surface area contributed by atoms with Crippen LogP contribution in [0.25, 0.3) is 0 Å². The summed E-state index contributed by atoms with van der Waals surface area (Å²) in [5, 5.41) is 7.59. The second-order valence-corrected chi connectivity index (χ2v) is 8.01. The van der Waals surface area contributed by atoms with Crippen molar-refractivity contribution < 1.29 is 4.79 Å². The molecule has 0 aliphatic carbocycles. The van der Waals surface area contributed by atoms with Crippen molar-refractivity contribution >= 4 is 40.6 Å². The Morgan fingerprint density at radius 3 is 2.80 bits per heavy atom. The molecule has 154 valence electrons. The molecule has 0 bridgehead atoms. The van der Waals surface area contributed by atoms with Crippen molar-refractivity contribution in [2.24, 2.45) is 0 Å². The molecule has 2 heterocycles. The number of halogens is 2. The highest BCUT2D eigenvalue weighted by Crippen LogP contribution is 2.31. The smallest absolute Gasteiger partial charge is 0.252 e. The number of aromatic nitrogens is 1. The van der Waals surface area contributed by atoms with Crippen LogP contribution in [0.15, 0.2) is 60.8 Å². The molecule has 3 aromatic rings. The van der Waals surface area contributed by atoms with Crippen LogP contribution in [-0.2, 0) is 13.0 Å². The first-order valence-electron chi connectivity index (χ1n) is 9.85. The van der Waals surface area contributed by atoms with Crippen molar-refractivity contribution in [2.45, 2.75) is 13.0 Å². The summed E-state index contributed by atoms with van der Waals surface area (Å²) in [6, 6.07) is 17.4. The first kappa shape index (κ1) is 20.5. The number of nitrogens with zero attached hydrogens (tertiary/aromatic N) is 2. The largest absolute Gasteiger partial charge is 0.367 e. The van der Waals surface area contributed by atoms with Crippen LogP contribution >= 0.6 is 23.2 Å². The van der Waals surface area contributed by atoms with E-state index in [1.165, 1.54) is 5.56 Å². The Hall–Kier alpha value is -2.76. The molecule has 7 heteroatoms. The summed E-state index contributed by atoms with van der Waals surface area (Å²) in [5.74, 6) is 0.632. The molecule has 0 unspecified atom stereocenters. The molecule has 0 saturated heterocycles. The van der Waals surface area contributed by atoms with Crippen molar-refractivity contribution in [3.8, 4) is 0 Å². The lowest BCUT2D eigenvalue weighted by Crippen LogP contribution is -2.34. The van der Waals surface area contributed by atoms with Gasteiger partial charge in [-0.15, -0.1) is 0 Å². The monoisotopic (exact) mass is 440 g/mol. The fourth-order valence-electron chi connectivity index (χ4n) is 3.49. The van der Waals surface area contributed by atoms with Crippen LogP contribution in [0, 0.1) is 0 Å². The molecule has 1 aliphatic rings. The topological polar surface area (TPSA) is 57.3 Å². The number of carbonyl (C=O) groups excluding carboxylic acids is 1. The lowest BCUT2D eigenvalue weighted by atomic mass is 10.1. The van der Waals surface area contributed by atoms with E-state index in [4.69, 9.17) is 23.2 Å². The van der Waals surface area contributed by atoms with Gasteiger partial charge in [0.2, 0.25) is 0 Å². The Balaban J connectivity index is 1.47. The highest BCUT2D eigenvalue weighted by atomic mass is 35.5. The average molecular weight is 441 g/mol. The first-order chi connectivity index (χ1) is 14.6. The molecule has 1 aromatic heterocycles. The molecule has 2 N–H and O–H groups in total. The summed E-state index contributed by atoms with van der Waals surface area (Å²) in [5.41, 5.74) is 3.55. The minimum atomic E-state index is -0.132. The molecular formula is C23H22Cl2N4O. The number of carbonyl (C=O) groups is 1. The van der Waals surface area contributed by atoms with Gasteiger partial charge in [0.25, 0.3) is 5.91 Å². The third-order valence-corrected chi connectivity index (χ3v) is 5.66. The van der Waals surface area contributed by atoms with Crippen LogP contribution in [0.3, 0.4) is 0 Å². The second kappa shape index (κ2) is 9.37. The summed E-state index contributed by atoms with van der Waals surface area (Å²) >= 11 is 12.5. The van der Waals surface area contributed by atoms with Crippen LogP contribution in [-0.4, -0.2) is 30.5 Å². The van der Waals surface area contributed by atoms with Crippen molar-refractivity contribution in [1.29, 1.82) is 0 Å². The number of hydrogen-bond acceptors (Lipinski definition) is 4. The van der Waals surface area contributed by atoms with Gasteiger partial charge < -0.3 is 15.5 Å². The zero-order valence-corrected chi connectivity index (χ0v) is 17.9. The standard InChI is InChI=1S/C23H22Cl2N4O/c24-19-6-7-20(25)18(12-19)15-29-11-10-26-22-21(29)13-17(14-28-22)23(30)27-9-8-16-4-2-1-3-5-16/h1-7,12-14H,8-11,15H2,(H,26,28)(H,27,30). The van der Waals surface area contributed by atoms with Gasteiger partial charge in [-0.3, -0.25) is 4.79 Å². The van der Waals surface area contributed by atoms with E-state index < -0.39 is 0 Å². The molecule has 4 rings (SSSR count). The average Bonchev–Trinajstić information content (AvgIpc) is 2.77. The van der Waals surface area contributed by atoms with E-state index in [1.54, 1.807) is 18.3 Å². The number of hydrogen-bond donors (Lipinski definition) is 2. The summed E-state index contributed by atoms with van der Waals surface area (Å²) in [7, 11) is 0. The lowest BCUT2D eigenvalue weighted by Gasteiger charge is -2.32. The van der Waals surface area contributed by atoms with Gasteiger partial charge in [-0.1, -0.05) is 53.5 Å². The van der Waals surface area contributed by atoms with Gasteiger partial charge in [0.15, 0.2) is 0 Å². The predicted octanol–water partition coefficient (Wildman–Crippen LogP) is 4.79. The number of rotatable bonds is 6. The van der Waals surface area contributed by atoms with Crippen molar-refractivity contribution in [3.05, 3.63) is 87.5 Å². The predicted molar refractivity (Wildman–Crippen MR) is 123 cm³/mol. The first-order valence-corrected chi connectivity index (χ1v) is 10.6. The molecule has 0 saturated carbocycles. The maximum atomic E-state index is 12.7. The summed E-state index contributed by atoms with van der Waals surface area (Å²) in [6.07, 6.45) is 2.39. The fourth-order valence-corrected chi connectivity index (χ4v) is 3.86. The molecule has 1 amide bonds. The quantitative estimate of drug-likeness (QED) is 0.578. The molecule has 5 nitrogen and oxygen atoms in total. The Morgan fingerprint density at radius 2 is 1.97 bits per heavy atom. The minimum absolute atomic E-state index is 0.132. The van der Waals surface area contributed by atoms with E-state index in [0.29, 0.717) is 28.7 Å². The Kier molecular flexibility index (Phi) is 6.41. The van der Waals surface area contributed by atoms with Crippen LogP contribution in [0.2, 0.25) is 10.0 Å². The van der Waals surface area contributed by atoms with Gasteiger partial charge in [-0.25, -0.2) is 4.98 Å². The third-order valence-electron chi connectivity index (χ3n) is 5.06. The Morgan fingerprint density at radius 1 is 1.13 bits per heavy atom. The van der Waals surface area contributed by atoms with Crippen LogP contribution < -0.4 is 15.5 Å². The SMILES string of the molecule is O=C(NCCc1ccccc1)c1cnc2c(c1)N(Cc1cc(Cl)ccc1Cl)CCN2. The lowest BCUT2D eigenvalue weighted by molar-refractivity contribution is 0.0954. The number of anilines is 2. The van der Waals surface area contributed by atoms with E-state index >= 15 is 0 Å². The van der Waals surface area contributed by atoms with Gasteiger partial charge in [0, 0.05) is 42.4 Å². The summed E-state index contributed by atoms with van der Waals surface area (Å²) < 4.78 is 0. The summed E-state index contributed by atoms with van der Waals surface area (Å²) in [4.78, 5) is 19.3. The molecule has 0 fully saturated rings. The number of amides is 1. The normalized spacial score (nSPS) is 12.8. The number of fused-ring (bicyclic) bond motifs is 1. The Labute approximate surface area is 186 Å². The van der Waals surface area contributed by atoms with Gasteiger partial charge in [0.1, 0.15) is 5.82 Å². The number of benzene rings is 2. The highest BCUT2D eigenvalue weighted by Gasteiger charge is 2.21. The minimum Gasteiger partial charge on any atom is -0.367 e. The van der Waals surface area contributed by atoms with Gasteiger partial charge in [-0.2, -0.15) is 0 Å². The third kappa shape index (κ3) is 4.86. The molecule has 2 aromatic carbocycles. The van der Waals surface area contributed by atoms with Gasteiger partial charge in [0.05, 0.1) is 11.3 Å². The van der Waals surface area contributed by atoms with Crippen molar-refractivity contribution in [3.63, 3.8) is 0 Å². The molecule has 0 spiro atoms. The zero-order valence-electron chi connectivity index (χ0n) is 16.4. The van der Waals surface area contributed by atoms with E-state index in [0.717, 1.165) is 36.6 Å². The number of nitrogens with one attached hydrogen (secondary N) is 2. The van der Waals surface area contributed by atoms with Gasteiger partial charge >= 0.3 is 0 Å². The molecule has 1 aliphatic heterocycles. The van der Waals surface area contributed by atoms with E-state index in [1.807, 2.05) is 30.3 Å². The summed E-state index contributed by atoms with van der Waals surface area (Å²) in [6.45, 7) is 2.70. The van der Waals surface area contributed by atoms with E-state index in [2.05, 4.69) is 32.7 Å². The molecule has 0 radical (unpaired) electrons. The van der Waals surface area contributed by atoms with Crippen LogP contribution in [0.5, 0.6) is 0 Å². The van der Waals surface area contributed by atoms with Crippen LogP contribution in [0.4, 0.5) is 11.5 Å². The fraction of sp³-hybridized carbons (Fsp3) is 0.217. The van der Waals surface area contributed by atoms with E-state index in [9.17, 15) is 4.79 Å².